The molecule has 1 aliphatic carbocycles. The van der Waals surface area contributed by atoms with E-state index >= 15 is 0 Å². The van der Waals surface area contributed by atoms with Crippen LogP contribution in [-0.4, -0.2) is 37.2 Å². The van der Waals surface area contributed by atoms with Crippen LogP contribution in [0.5, 0.6) is 0 Å². The number of fused-ring (bicyclic) bond motifs is 1. The van der Waals surface area contributed by atoms with Gasteiger partial charge in [0.25, 0.3) is 0 Å². The topological polar surface area (TPSA) is 50.7 Å². The molecule has 1 aromatic rings. The summed E-state index contributed by atoms with van der Waals surface area (Å²) in [5.74, 6) is 0. The van der Waals surface area contributed by atoms with Gasteiger partial charge in [0.2, 0.25) is 0 Å². The molecule has 0 saturated heterocycles. The molecule has 2 rings (SSSR count). The lowest BCUT2D eigenvalue weighted by molar-refractivity contribution is 0.0498. The van der Waals surface area contributed by atoms with Crippen LogP contribution in [0.2, 0.25) is 19.6 Å². The van der Waals surface area contributed by atoms with E-state index in [1.54, 1.807) is 11.8 Å². The highest BCUT2D eigenvalue weighted by Crippen LogP contribution is 2.31. The molecule has 150 valence electrons. The number of nitrogens with one attached hydrogen (secondary N) is 1. The number of hydrogen-bond donors (Lipinski definition) is 1. The molecule has 0 aromatic heterocycles. The van der Waals surface area contributed by atoms with Gasteiger partial charge in [-0.15, -0.1) is 11.8 Å². The smallest absolute Gasteiger partial charge is 0.408 e. The molecule has 0 radical (unpaired) electrons. The Bertz CT molecular complexity index is 705. The van der Waals surface area contributed by atoms with E-state index in [4.69, 9.17) is 9.73 Å². The second kappa shape index (κ2) is 8.82. The van der Waals surface area contributed by atoms with E-state index < -0.39 is 13.7 Å². The van der Waals surface area contributed by atoms with Gasteiger partial charge in [0.15, 0.2) is 0 Å². The SMILES string of the molecule is CSC(=NC[Si](C)(C)C)c1ccc2c(c1)CCCC2NC(=O)OC(C)(C)C. The zero-order valence-electron chi connectivity index (χ0n) is 17.8. The third-order valence-corrected chi connectivity index (χ3v) is 6.14. The fourth-order valence-electron chi connectivity index (χ4n) is 3.13. The lowest BCUT2D eigenvalue weighted by Crippen LogP contribution is -2.36. The summed E-state index contributed by atoms with van der Waals surface area (Å²) >= 11 is 1.71. The minimum atomic E-state index is -1.21. The van der Waals surface area contributed by atoms with Crippen LogP contribution < -0.4 is 5.32 Å². The Hall–Kier alpha value is -1.27. The molecule has 1 N–H and O–H groups in total. The Balaban J connectivity index is 2.19. The first kappa shape index (κ1) is 22.0. The molecule has 4 nitrogen and oxygen atoms in total. The predicted octanol–water partition coefficient (Wildman–Crippen LogP) is 5.58. The minimum Gasteiger partial charge on any atom is -0.444 e. The second-order valence-corrected chi connectivity index (χ2v) is 15.6. The zero-order chi connectivity index (χ0) is 20.2. The highest BCUT2D eigenvalue weighted by atomic mass is 32.2. The van der Waals surface area contributed by atoms with Crippen LogP contribution in [0.4, 0.5) is 4.79 Å². The van der Waals surface area contributed by atoms with Crippen molar-refractivity contribution in [2.45, 2.75) is 71.3 Å². The number of carbonyl (C=O) groups is 1. The predicted molar refractivity (Wildman–Crippen MR) is 120 cm³/mol. The first-order valence-electron chi connectivity index (χ1n) is 9.70. The second-order valence-electron chi connectivity index (χ2n) is 9.39. The van der Waals surface area contributed by atoms with Gasteiger partial charge in [-0.3, -0.25) is 4.99 Å². The number of benzene rings is 1. The highest BCUT2D eigenvalue weighted by molar-refractivity contribution is 8.13. The van der Waals surface area contributed by atoms with Gasteiger partial charge in [-0.05, 0) is 63.5 Å². The van der Waals surface area contributed by atoms with Gasteiger partial charge in [0.1, 0.15) is 5.60 Å². The van der Waals surface area contributed by atoms with Crippen LogP contribution in [0.1, 0.15) is 56.3 Å². The number of ether oxygens (including phenoxy) is 1. The van der Waals surface area contributed by atoms with E-state index in [9.17, 15) is 4.79 Å². The lowest BCUT2D eigenvalue weighted by atomic mass is 9.86. The first-order valence-corrected chi connectivity index (χ1v) is 14.6. The zero-order valence-corrected chi connectivity index (χ0v) is 19.6. The highest BCUT2D eigenvalue weighted by Gasteiger charge is 2.25. The van der Waals surface area contributed by atoms with Crippen molar-refractivity contribution in [2.75, 3.05) is 12.4 Å². The first-order chi connectivity index (χ1) is 12.5. The van der Waals surface area contributed by atoms with E-state index in [1.807, 2.05) is 20.8 Å². The molecular formula is C21H34N2O2SSi. The van der Waals surface area contributed by atoms with Crippen LogP contribution >= 0.6 is 11.8 Å². The molecule has 0 aliphatic heterocycles. The molecule has 27 heavy (non-hydrogen) atoms. The fourth-order valence-corrected chi connectivity index (χ4v) is 4.43. The molecule has 1 unspecified atom stereocenters. The molecule has 1 amide bonds. The largest absolute Gasteiger partial charge is 0.444 e. The van der Waals surface area contributed by atoms with Crippen LogP contribution in [0.3, 0.4) is 0 Å². The van der Waals surface area contributed by atoms with Crippen LogP contribution in [0.15, 0.2) is 23.2 Å². The average molecular weight is 407 g/mol. The molecule has 0 bridgehead atoms. The number of rotatable bonds is 4. The van der Waals surface area contributed by atoms with Gasteiger partial charge in [-0.1, -0.05) is 31.8 Å². The van der Waals surface area contributed by atoms with Crippen LogP contribution in [0, 0.1) is 0 Å². The van der Waals surface area contributed by atoms with Crippen molar-refractivity contribution in [1.82, 2.24) is 5.32 Å². The molecule has 0 heterocycles. The summed E-state index contributed by atoms with van der Waals surface area (Å²) in [6, 6.07) is 6.59. The number of nitrogens with zero attached hydrogens (tertiary/aromatic N) is 1. The van der Waals surface area contributed by atoms with Gasteiger partial charge >= 0.3 is 6.09 Å². The van der Waals surface area contributed by atoms with Crippen molar-refractivity contribution in [1.29, 1.82) is 0 Å². The summed E-state index contributed by atoms with van der Waals surface area (Å²) < 4.78 is 5.43. The van der Waals surface area contributed by atoms with Crippen molar-refractivity contribution >= 4 is 31.0 Å². The number of thioether (sulfide) groups is 1. The van der Waals surface area contributed by atoms with Crippen molar-refractivity contribution < 1.29 is 9.53 Å². The van der Waals surface area contributed by atoms with Crippen molar-refractivity contribution in [3.8, 4) is 0 Å². The number of alkyl carbamates (subject to hydrolysis) is 1. The molecule has 1 aliphatic rings. The van der Waals surface area contributed by atoms with Gasteiger partial charge in [-0.25, -0.2) is 4.79 Å². The normalized spacial score (nSPS) is 18.0. The maximum Gasteiger partial charge on any atom is 0.408 e. The summed E-state index contributed by atoms with van der Waals surface area (Å²) in [5, 5.41) is 4.16. The molecule has 1 atom stereocenters. The number of hydrogen-bond acceptors (Lipinski definition) is 4. The number of amides is 1. The van der Waals surface area contributed by atoms with E-state index in [0.717, 1.165) is 30.5 Å². The third kappa shape index (κ3) is 7.00. The Labute approximate surface area is 169 Å². The van der Waals surface area contributed by atoms with Crippen molar-refractivity contribution in [2.24, 2.45) is 4.99 Å². The summed E-state index contributed by atoms with van der Waals surface area (Å²) in [4.78, 5) is 17.1. The van der Waals surface area contributed by atoms with Crippen molar-refractivity contribution in [3.63, 3.8) is 0 Å². The fraction of sp³-hybridized carbons (Fsp3) is 0.619. The summed E-state index contributed by atoms with van der Waals surface area (Å²) in [5.41, 5.74) is 3.24. The van der Waals surface area contributed by atoms with Gasteiger partial charge in [0.05, 0.1) is 19.2 Å². The number of aliphatic imine (C=N–C) groups is 1. The van der Waals surface area contributed by atoms with Gasteiger partial charge in [-0.2, -0.15) is 0 Å². The minimum absolute atomic E-state index is 0.0225. The molecule has 6 heteroatoms. The third-order valence-electron chi connectivity index (χ3n) is 4.29. The molecule has 0 saturated carbocycles. The molecular weight excluding hydrogens is 372 g/mol. The maximum atomic E-state index is 12.2. The van der Waals surface area contributed by atoms with E-state index in [1.165, 1.54) is 16.7 Å². The summed E-state index contributed by atoms with van der Waals surface area (Å²) in [6.07, 6.45) is 5.76. The maximum absolute atomic E-state index is 12.2. The Morgan fingerprint density at radius 1 is 1.33 bits per heavy atom. The van der Waals surface area contributed by atoms with E-state index in [2.05, 4.69) is 49.4 Å². The average Bonchev–Trinajstić information content (AvgIpc) is 2.52. The van der Waals surface area contributed by atoms with E-state index in [0.29, 0.717) is 0 Å². The monoisotopic (exact) mass is 406 g/mol. The van der Waals surface area contributed by atoms with E-state index in [-0.39, 0.29) is 12.1 Å². The van der Waals surface area contributed by atoms with Crippen molar-refractivity contribution in [3.05, 3.63) is 34.9 Å². The summed E-state index contributed by atoms with van der Waals surface area (Å²) in [7, 11) is -1.21. The summed E-state index contributed by atoms with van der Waals surface area (Å²) in [6.45, 7) is 12.7. The quantitative estimate of drug-likeness (QED) is 0.404. The number of carbonyl (C=O) groups excluding carboxylic acids is 1. The lowest BCUT2D eigenvalue weighted by Gasteiger charge is -2.28. The Morgan fingerprint density at radius 2 is 2.04 bits per heavy atom. The Kier molecular flexibility index (Phi) is 7.19. The van der Waals surface area contributed by atoms with Gasteiger partial charge in [0, 0.05) is 11.7 Å². The molecule has 0 spiro atoms. The number of aryl methyl sites for hydroxylation is 1. The van der Waals surface area contributed by atoms with Crippen LogP contribution in [0.25, 0.3) is 0 Å². The standard InChI is InChI=1S/C21H34N2O2SSi/c1-21(2,3)25-20(24)23-18-10-8-9-15-13-16(11-12-17(15)18)19(26-4)22-14-27(5,6)7/h11-13,18H,8-10,14H2,1-7H3,(H,23,24). The molecule has 1 aromatic carbocycles. The van der Waals surface area contributed by atoms with Gasteiger partial charge < -0.3 is 10.1 Å². The molecule has 0 fully saturated rings. The van der Waals surface area contributed by atoms with Crippen LogP contribution in [-0.2, 0) is 11.2 Å². The Morgan fingerprint density at radius 3 is 2.63 bits per heavy atom.